The number of hydrogen-bond donors (Lipinski definition) is 0. The van der Waals surface area contributed by atoms with E-state index in [0.717, 1.165) is 48.1 Å². The van der Waals surface area contributed by atoms with Crippen molar-refractivity contribution in [3.63, 3.8) is 0 Å². The average Bonchev–Trinajstić information content (AvgIpc) is 2.79. The molecule has 1 aliphatic heterocycles. The molecule has 3 nitrogen and oxygen atoms in total. The number of hydrogen-bond acceptors (Lipinski definition) is 4. The summed E-state index contributed by atoms with van der Waals surface area (Å²) in [4.78, 5) is 7.06. The molecule has 0 amide bonds. The Morgan fingerprint density at radius 2 is 2.41 bits per heavy atom. The molecule has 1 saturated heterocycles. The minimum atomic E-state index is 0.821. The van der Waals surface area contributed by atoms with E-state index >= 15 is 0 Å². The smallest absolute Gasteiger partial charge is 0.205 e. The van der Waals surface area contributed by atoms with E-state index in [1.165, 1.54) is 19.3 Å². The third-order valence-corrected chi connectivity index (χ3v) is 4.51. The van der Waals surface area contributed by atoms with Crippen LogP contribution in [0.5, 0.6) is 0 Å². The first-order valence-electron chi connectivity index (χ1n) is 6.47. The van der Waals surface area contributed by atoms with Crippen molar-refractivity contribution >= 4 is 32.6 Å². The number of alkyl halides is 1. The maximum absolute atomic E-state index is 4.64. The normalized spacial score (nSPS) is 20.8. The molecule has 1 aromatic heterocycles. The Bertz CT molecular complexity index is 340. The maximum Gasteiger partial charge on any atom is 0.205 e. The predicted octanol–water partition coefficient (Wildman–Crippen LogP) is 3.49. The third-order valence-electron chi connectivity index (χ3n) is 3.24. The van der Waals surface area contributed by atoms with Gasteiger partial charge in [0.15, 0.2) is 0 Å². The van der Waals surface area contributed by atoms with Gasteiger partial charge >= 0.3 is 0 Å². The molecule has 2 rings (SSSR count). The van der Waals surface area contributed by atoms with Crippen LogP contribution in [0.15, 0.2) is 0 Å². The zero-order chi connectivity index (χ0) is 12.1. The van der Waals surface area contributed by atoms with Crippen LogP contribution in [0.4, 0.5) is 5.13 Å². The van der Waals surface area contributed by atoms with Gasteiger partial charge in [-0.3, -0.25) is 0 Å². The minimum Gasteiger partial charge on any atom is -0.347 e. The summed E-state index contributed by atoms with van der Waals surface area (Å²) in [5.41, 5.74) is 0. The summed E-state index contributed by atoms with van der Waals surface area (Å²) < 4.78 is 4.43. The predicted molar refractivity (Wildman–Crippen MR) is 77.3 cm³/mol. The highest BCUT2D eigenvalue weighted by Gasteiger charge is 2.21. The topological polar surface area (TPSA) is 29.0 Å². The van der Waals surface area contributed by atoms with E-state index in [2.05, 4.69) is 37.1 Å². The summed E-state index contributed by atoms with van der Waals surface area (Å²) in [6.07, 6.45) is 6.07. The molecule has 5 heteroatoms. The monoisotopic (exact) mass is 317 g/mol. The van der Waals surface area contributed by atoms with Gasteiger partial charge in [0.1, 0.15) is 5.82 Å². The Morgan fingerprint density at radius 3 is 3.18 bits per heavy atom. The highest BCUT2D eigenvalue weighted by atomic mass is 79.9. The number of nitrogens with zero attached hydrogens (tertiary/aromatic N) is 3. The summed E-state index contributed by atoms with van der Waals surface area (Å²) in [5, 5.41) is 2.25. The number of piperidine rings is 1. The lowest BCUT2D eigenvalue weighted by Gasteiger charge is -2.31. The van der Waals surface area contributed by atoms with E-state index in [0.29, 0.717) is 0 Å². The van der Waals surface area contributed by atoms with Gasteiger partial charge in [-0.2, -0.15) is 4.37 Å². The lowest BCUT2D eigenvalue weighted by Crippen LogP contribution is -2.35. The Morgan fingerprint density at radius 1 is 1.53 bits per heavy atom. The Labute approximate surface area is 116 Å². The van der Waals surface area contributed by atoms with E-state index in [9.17, 15) is 0 Å². The number of anilines is 1. The molecular formula is C12H20BrN3S. The molecule has 0 aliphatic carbocycles. The largest absolute Gasteiger partial charge is 0.347 e. The first kappa shape index (κ1) is 13.3. The van der Waals surface area contributed by atoms with Gasteiger partial charge in [-0.15, -0.1) is 0 Å². The third kappa shape index (κ3) is 3.65. The lowest BCUT2D eigenvalue weighted by molar-refractivity contribution is 0.407. The van der Waals surface area contributed by atoms with Gasteiger partial charge in [-0.1, -0.05) is 22.9 Å². The summed E-state index contributed by atoms with van der Waals surface area (Å²) in [6, 6.07) is 0. The summed E-state index contributed by atoms with van der Waals surface area (Å²) in [7, 11) is 0. The van der Waals surface area contributed by atoms with Crippen molar-refractivity contribution in [2.75, 3.05) is 23.3 Å². The van der Waals surface area contributed by atoms with Gasteiger partial charge in [0.25, 0.3) is 0 Å². The average molecular weight is 318 g/mol. The Balaban J connectivity index is 1.95. The molecular weight excluding hydrogens is 298 g/mol. The quantitative estimate of drug-likeness (QED) is 0.778. The van der Waals surface area contributed by atoms with Crippen LogP contribution in [0.25, 0.3) is 0 Å². The fraction of sp³-hybridized carbons (Fsp3) is 0.833. The molecule has 1 atom stereocenters. The number of aromatic nitrogens is 2. The standard InChI is InChI=1S/C12H20BrN3S/c1-2-4-11-14-12(17-15-11)16-8-3-5-10(9-16)6-7-13/h10H,2-9H2,1H3. The van der Waals surface area contributed by atoms with Gasteiger partial charge in [0.2, 0.25) is 5.13 Å². The van der Waals surface area contributed by atoms with E-state index in [1.807, 2.05) is 0 Å². The second-order valence-electron chi connectivity index (χ2n) is 4.68. The summed E-state index contributed by atoms with van der Waals surface area (Å²) in [5.74, 6) is 1.84. The van der Waals surface area contributed by atoms with Gasteiger partial charge in [-0.05, 0) is 31.6 Å². The molecule has 0 aromatic carbocycles. The highest BCUT2D eigenvalue weighted by molar-refractivity contribution is 9.09. The minimum absolute atomic E-state index is 0.821. The van der Waals surface area contributed by atoms with Crippen LogP contribution in [0.2, 0.25) is 0 Å². The first-order valence-corrected chi connectivity index (χ1v) is 8.36. The van der Waals surface area contributed by atoms with Crippen molar-refractivity contribution in [2.45, 2.75) is 39.0 Å². The summed E-state index contributed by atoms with van der Waals surface area (Å²) >= 11 is 5.11. The molecule has 0 saturated carbocycles. The van der Waals surface area contributed by atoms with Crippen LogP contribution in [0, 0.1) is 5.92 Å². The zero-order valence-corrected chi connectivity index (χ0v) is 12.8. The van der Waals surface area contributed by atoms with Crippen molar-refractivity contribution in [3.05, 3.63) is 5.82 Å². The molecule has 0 N–H and O–H groups in total. The van der Waals surface area contributed by atoms with E-state index in [4.69, 9.17) is 0 Å². The molecule has 17 heavy (non-hydrogen) atoms. The van der Waals surface area contributed by atoms with Crippen molar-refractivity contribution in [3.8, 4) is 0 Å². The second kappa shape index (κ2) is 6.69. The molecule has 1 aliphatic rings. The molecule has 0 radical (unpaired) electrons. The zero-order valence-electron chi connectivity index (χ0n) is 10.4. The Kier molecular flexibility index (Phi) is 5.22. The van der Waals surface area contributed by atoms with Crippen LogP contribution in [-0.2, 0) is 6.42 Å². The van der Waals surface area contributed by atoms with Crippen molar-refractivity contribution in [2.24, 2.45) is 5.92 Å². The van der Waals surface area contributed by atoms with Gasteiger partial charge in [0, 0.05) is 36.4 Å². The molecule has 96 valence electrons. The Hall–Kier alpha value is -0.160. The van der Waals surface area contributed by atoms with Crippen LogP contribution in [-0.4, -0.2) is 27.8 Å². The molecule has 2 heterocycles. The highest BCUT2D eigenvalue weighted by Crippen LogP contribution is 2.26. The van der Waals surface area contributed by atoms with E-state index in [-0.39, 0.29) is 0 Å². The van der Waals surface area contributed by atoms with Crippen molar-refractivity contribution in [1.29, 1.82) is 0 Å². The molecule has 0 bridgehead atoms. The fourth-order valence-corrected chi connectivity index (χ4v) is 3.72. The maximum atomic E-state index is 4.64. The van der Waals surface area contributed by atoms with Gasteiger partial charge in [0.05, 0.1) is 0 Å². The SMILES string of the molecule is CCCc1nsc(N2CCCC(CCBr)C2)n1. The number of halogens is 1. The van der Waals surface area contributed by atoms with Gasteiger partial charge < -0.3 is 4.90 Å². The molecule has 1 fully saturated rings. The van der Waals surface area contributed by atoms with Crippen LogP contribution in [0.3, 0.4) is 0 Å². The molecule has 1 unspecified atom stereocenters. The summed E-state index contributed by atoms with van der Waals surface area (Å²) in [6.45, 7) is 4.49. The lowest BCUT2D eigenvalue weighted by atomic mass is 9.96. The van der Waals surface area contributed by atoms with Crippen LogP contribution in [0.1, 0.15) is 38.4 Å². The van der Waals surface area contributed by atoms with Crippen LogP contribution >= 0.6 is 27.5 Å². The van der Waals surface area contributed by atoms with E-state index < -0.39 is 0 Å². The number of aryl methyl sites for hydroxylation is 1. The van der Waals surface area contributed by atoms with Crippen molar-refractivity contribution < 1.29 is 0 Å². The fourth-order valence-electron chi connectivity index (χ4n) is 2.33. The molecule has 0 spiro atoms. The van der Waals surface area contributed by atoms with Crippen LogP contribution < -0.4 is 4.90 Å². The molecule has 1 aromatic rings. The van der Waals surface area contributed by atoms with Gasteiger partial charge in [-0.25, -0.2) is 4.98 Å². The second-order valence-corrected chi connectivity index (χ2v) is 6.20. The van der Waals surface area contributed by atoms with Crippen molar-refractivity contribution in [1.82, 2.24) is 9.36 Å². The van der Waals surface area contributed by atoms with E-state index in [1.54, 1.807) is 11.5 Å². The first-order chi connectivity index (χ1) is 8.33. The number of rotatable bonds is 5.